The van der Waals surface area contributed by atoms with Crippen LogP contribution in [0.25, 0.3) is 0 Å². The predicted octanol–water partition coefficient (Wildman–Crippen LogP) is 3.67. The molecular weight excluding hydrogens is 474 g/mol. The molecule has 4 rings (SSSR count). The van der Waals surface area contributed by atoms with Crippen molar-refractivity contribution in [2.45, 2.75) is 32.2 Å². The molecule has 1 fully saturated rings. The molecule has 2 aromatic rings. The number of benzene rings is 2. The first kappa shape index (κ1) is 26.5. The largest absolute Gasteiger partial charge is 0.497 e. The fourth-order valence-corrected chi connectivity index (χ4v) is 4.88. The standard InChI is InChI=1S/C28H35N3O6/c1-5-37-28(33)20-12-14-30(15-13-20)18-27(32)31-25(19-6-8-21(34-2)9-7-19)17-24(29-31)23-11-10-22(35-3)16-26(23)36-4/h6-11,16,20,25H,5,12-15,17-18H2,1-4H3/t25-/m0/s1. The van der Waals surface area contributed by atoms with Crippen LogP contribution in [0.15, 0.2) is 47.6 Å². The van der Waals surface area contributed by atoms with E-state index in [0.29, 0.717) is 50.5 Å². The number of carbonyl (C=O) groups is 2. The van der Waals surface area contributed by atoms with Gasteiger partial charge in [-0.15, -0.1) is 0 Å². The molecule has 0 N–H and O–H groups in total. The van der Waals surface area contributed by atoms with Crippen LogP contribution in [-0.4, -0.2) is 75.1 Å². The van der Waals surface area contributed by atoms with Crippen LogP contribution in [0.1, 0.15) is 43.4 Å². The molecule has 1 amide bonds. The molecule has 0 aliphatic carbocycles. The van der Waals surface area contributed by atoms with Crippen LogP contribution in [0.2, 0.25) is 0 Å². The maximum atomic E-state index is 13.6. The highest BCUT2D eigenvalue weighted by Crippen LogP contribution is 2.37. The summed E-state index contributed by atoms with van der Waals surface area (Å²) in [7, 11) is 4.84. The van der Waals surface area contributed by atoms with E-state index in [1.54, 1.807) is 26.3 Å². The fourth-order valence-electron chi connectivity index (χ4n) is 4.88. The van der Waals surface area contributed by atoms with E-state index in [2.05, 4.69) is 4.90 Å². The second-order valence-corrected chi connectivity index (χ2v) is 9.15. The summed E-state index contributed by atoms with van der Waals surface area (Å²) in [6, 6.07) is 13.1. The highest BCUT2D eigenvalue weighted by molar-refractivity contribution is 6.05. The minimum Gasteiger partial charge on any atom is -0.497 e. The maximum absolute atomic E-state index is 13.6. The number of piperidine rings is 1. The molecule has 2 aliphatic rings. The zero-order chi connectivity index (χ0) is 26.4. The van der Waals surface area contributed by atoms with Gasteiger partial charge in [0, 0.05) is 18.1 Å². The summed E-state index contributed by atoms with van der Waals surface area (Å²) >= 11 is 0. The Morgan fingerprint density at radius 1 is 0.946 bits per heavy atom. The van der Waals surface area contributed by atoms with Crippen LogP contribution in [0.4, 0.5) is 0 Å². The highest BCUT2D eigenvalue weighted by atomic mass is 16.5. The Kier molecular flexibility index (Phi) is 8.66. The number of amides is 1. The van der Waals surface area contributed by atoms with Gasteiger partial charge in [-0.05, 0) is 62.7 Å². The van der Waals surface area contributed by atoms with Gasteiger partial charge in [0.25, 0.3) is 5.91 Å². The number of carbonyl (C=O) groups excluding carboxylic acids is 2. The Hall–Kier alpha value is -3.59. The third-order valence-electron chi connectivity index (χ3n) is 6.95. The van der Waals surface area contributed by atoms with Crippen molar-refractivity contribution in [3.63, 3.8) is 0 Å². The normalized spacial score (nSPS) is 18.3. The fraction of sp³-hybridized carbons (Fsp3) is 0.464. The van der Waals surface area contributed by atoms with Crippen LogP contribution < -0.4 is 14.2 Å². The molecule has 9 nitrogen and oxygen atoms in total. The van der Waals surface area contributed by atoms with Crippen LogP contribution in [0.3, 0.4) is 0 Å². The Labute approximate surface area is 217 Å². The first-order chi connectivity index (χ1) is 18.0. The SMILES string of the molecule is CCOC(=O)C1CCN(CC(=O)N2N=C(c3ccc(OC)cc3OC)C[C@H]2c2ccc(OC)cc2)CC1. The highest BCUT2D eigenvalue weighted by Gasteiger charge is 2.35. The second kappa shape index (κ2) is 12.1. The summed E-state index contributed by atoms with van der Waals surface area (Å²) in [5.74, 6) is 1.75. The zero-order valence-corrected chi connectivity index (χ0v) is 21.9. The number of rotatable bonds is 9. The van der Waals surface area contributed by atoms with Crippen molar-refractivity contribution in [2.24, 2.45) is 11.0 Å². The molecule has 1 atom stereocenters. The lowest BCUT2D eigenvalue weighted by molar-refractivity contribution is -0.149. The van der Waals surface area contributed by atoms with Gasteiger partial charge in [-0.3, -0.25) is 14.5 Å². The molecule has 0 unspecified atom stereocenters. The minimum absolute atomic E-state index is 0.0853. The van der Waals surface area contributed by atoms with Crippen molar-refractivity contribution < 1.29 is 28.5 Å². The number of nitrogens with zero attached hydrogens (tertiary/aromatic N) is 3. The lowest BCUT2D eigenvalue weighted by atomic mass is 9.96. The van der Waals surface area contributed by atoms with Crippen molar-refractivity contribution in [1.29, 1.82) is 0 Å². The van der Waals surface area contributed by atoms with E-state index in [0.717, 1.165) is 22.6 Å². The molecule has 0 bridgehead atoms. The van der Waals surface area contributed by atoms with Gasteiger partial charge >= 0.3 is 5.97 Å². The van der Waals surface area contributed by atoms with Crippen LogP contribution >= 0.6 is 0 Å². The van der Waals surface area contributed by atoms with Gasteiger partial charge in [0.1, 0.15) is 17.2 Å². The second-order valence-electron chi connectivity index (χ2n) is 9.15. The number of hydrogen-bond acceptors (Lipinski definition) is 8. The monoisotopic (exact) mass is 509 g/mol. The Morgan fingerprint density at radius 2 is 1.62 bits per heavy atom. The summed E-state index contributed by atoms with van der Waals surface area (Å²) in [4.78, 5) is 27.8. The quantitative estimate of drug-likeness (QED) is 0.477. The zero-order valence-electron chi connectivity index (χ0n) is 21.9. The molecule has 2 aliphatic heterocycles. The third-order valence-corrected chi connectivity index (χ3v) is 6.95. The Bertz CT molecular complexity index is 1130. The van der Waals surface area contributed by atoms with Gasteiger partial charge in [0.05, 0.1) is 52.2 Å². The first-order valence-corrected chi connectivity index (χ1v) is 12.6. The number of hydrogen-bond donors (Lipinski definition) is 0. The van der Waals surface area contributed by atoms with Gasteiger partial charge in [0.2, 0.25) is 0 Å². The maximum Gasteiger partial charge on any atom is 0.309 e. The van der Waals surface area contributed by atoms with Crippen LogP contribution in [0.5, 0.6) is 17.2 Å². The molecule has 37 heavy (non-hydrogen) atoms. The summed E-state index contributed by atoms with van der Waals surface area (Å²) in [6.07, 6.45) is 1.92. The van der Waals surface area contributed by atoms with Crippen molar-refractivity contribution in [1.82, 2.24) is 9.91 Å². The summed E-state index contributed by atoms with van der Waals surface area (Å²) in [6.45, 7) is 3.77. The van der Waals surface area contributed by atoms with Crippen molar-refractivity contribution in [3.05, 3.63) is 53.6 Å². The molecule has 0 radical (unpaired) electrons. The van der Waals surface area contributed by atoms with E-state index in [1.165, 1.54) is 0 Å². The molecular formula is C28H35N3O6. The topological polar surface area (TPSA) is 89.9 Å². The Balaban J connectivity index is 1.54. The number of esters is 1. The molecule has 0 aromatic heterocycles. The number of ether oxygens (including phenoxy) is 4. The molecule has 2 aromatic carbocycles. The average Bonchev–Trinajstić information content (AvgIpc) is 3.38. The molecule has 2 heterocycles. The molecule has 1 saturated heterocycles. The first-order valence-electron chi connectivity index (χ1n) is 12.6. The van der Waals surface area contributed by atoms with Gasteiger partial charge in [0.15, 0.2) is 0 Å². The average molecular weight is 510 g/mol. The van der Waals surface area contributed by atoms with E-state index < -0.39 is 0 Å². The lowest BCUT2D eigenvalue weighted by Gasteiger charge is -2.32. The van der Waals surface area contributed by atoms with E-state index >= 15 is 0 Å². The molecule has 0 spiro atoms. The van der Waals surface area contributed by atoms with E-state index in [-0.39, 0.29) is 30.4 Å². The molecule has 9 heteroatoms. The van der Waals surface area contributed by atoms with Gasteiger partial charge in [-0.25, -0.2) is 5.01 Å². The van der Waals surface area contributed by atoms with Crippen molar-refractivity contribution in [3.8, 4) is 17.2 Å². The third kappa shape index (κ3) is 6.05. The predicted molar refractivity (Wildman–Crippen MR) is 139 cm³/mol. The summed E-state index contributed by atoms with van der Waals surface area (Å²) in [5, 5.41) is 6.40. The Morgan fingerprint density at radius 3 is 2.24 bits per heavy atom. The lowest BCUT2D eigenvalue weighted by Crippen LogP contribution is -2.43. The van der Waals surface area contributed by atoms with Crippen molar-refractivity contribution >= 4 is 17.6 Å². The minimum atomic E-state index is -0.253. The number of methoxy groups -OCH3 is 3. The van der Waals surface area contributed by atoms with Gasteiger partial charge in [-0.2, -0.15) is 5.10 Å². The van der Waals surface area contributed by atoms with Crippen molar-refractivity contribution in [2.75, 3.05) is 47.6 Å². The number of likely N-dealkylation sites (tertiary alicyclic amines) is 1. The van der Waals surface area contributed by atoms with E-state index in [1.807, 2.05) is 49.4 Å². The summed E-state index contributed by atoms with van der Waals surface area (Å²) in [5.41, 5.74) is 2.57. The van der Waals surface area contributed by atoms with E-state index in [4.69, 9.17) is 24.0 Å². The van der Waals surface area contributed by atoms with Crippen LogP contribution in [-0.2, 0) is 14.3 Å². The molecule has 0 saturated carbocycles. The smallest absolute Gasteiger partial charge is 0.309 e. The van der Waals surface area contributed by atoms with Gasteiger partial charge < -0.3 is 18.9 Å². The van der Waals surface area contributed by atoms with Gasteiger partial charge in [-0.1, -0.05) is 12.1 Å². The number of hydrazone groups is 1. The summed E-state index contributed by atoms with van der Waals surface area (Å²) < 4.78 is 21.4. The van der Waals surface area contributed by atoms with Crippen LogP contribution in [0, 0.1) is 5.92 Å². The van der Waals surface area contributed by atoms with E-state index in [9.17, 15) is 9.59 Å². The molecule has 198 valence electrons.